The Hall–Kier alpha value is -1.86. The molecule has 0 spiro atoms. The van der Waals surface area contributed by atoms with Crippen LogP contribution in [-0.4, -0.2) is 146 Å². The smallest absolute Gasteiger partial charge is 0.330 e. The van der Waals surface area contributed by atoms with E-state index in [-0.39, 0.29) is 42.9 Å². The van der Waals surface area contributed by atoms with Gasteiger partial charge in [-0.1, -0.05) is 44.9 Å². The summed E-state index contributed by atoms with van der Waals surface area (Å²) in [4.78, 5) is 26.7. The molecular formula is C49H78O15. The van der Waals surface area contributed by atoms with E-state index in [9.17, 15) is 24.9 Å². The zero-order valence-electron chi connectivity index (χ0n) is 40.3. The summed E-state index contributed by atoms with van der Waals surface area (Å²) < 4.78 is 62.3. The van der Waals surface area contributed by atoms with Crippen LogP contribution >= 0.6 is 0 Å². The van der Waals surface area contributed by atoms with E-state index in [0.29, 0.717) is 51.4 Å². The van der Waals surface area contributed by atoms with Crippen LogP contribution in [0.1, 0.15) is 127 Å². The average molecular weight is 907 g/mol. The van der Waals surface area contributed by atoms with Gasteiger partial charge in [0.15, 0.2) is 18.9 Å². The molecule has 15 heteroatoms. The van der Waals surface area contributed by atoms with Gasteiger partial charge in [-0.15, -0.1) is 0 Å². The molecule has 364 valence electrons. The van der Waals surface area contributed by atoms with E-state index in [0.717, 1.165) is 11.1 Å². The summed E-state index contributed by atoms with van der Waals surface area (Å²) in [5.74, 6) is -1.39. The molecule has 3 aliphatic heterocycles. The third-order valence-electron chi connectivity index (χ3n) is 17.2. The van der Waals surface area contributed by atoms with Gasteiger partial charge in [0.2, 0.25) is 0 Å². The predicted octanol–water partition coefficient (Wildman–Crippen LogP) is 5.47. The second kappa shape index (κ2) is 19.3. The fourth-order valence-electron chi connectivity index (χ4n) is 13.0. The van der Waals surface area contributed by atoms with Crippen molar-refractivity contribution in [2.75, 3.05) is 21.3 Å². The topological polar surface area (TPSA) is 187 Å². The molecule has 0 aromatic rings. The number of aliphatic hydroxyl groups is 3. The molecule has 4 aliphatic carbocycles. The largest absolute Gasteiger partial charge is 0.458 e. The first-order valence-corrected chi connectivity index (χ1v) is 23.9. The average Bonchev–Trinajstić information content (AvgIpc) is 3.54. The second-order valence-corrected chi connectivity index (χ2v) is 20.9. The van der Waals surface area contributed by atoms with Crippen molar-refractivity contribution in [1.29, 1.82) is 0 Å². The van der Waals surface area contributed by atoms with Crippen LogP contribution in [0.2, 0.25) is 0 Å². The molecule has 0 radical (unpaired) electrons. The Balaban J connectivity index is 0.998. The molecule has 15 nitrogen and oxygen atoms in total. The molecular weight excluding hydrogens is 829 g/mol. The highest BCUT2D eigenvalue weighted by Crippen LogP contribution is 2.70. The Morgan fingerprint density at radius 3 is 1.88 bits per heavy atom. The van der Waals surface area contributed by atoms with Crippen LogP contribution in [0, 0.1) is 28.6 Å². The maximum Gasteiger partial charge on any atom is 0.330 e. The number of ether oxygens (including phenoxy) is 10. The molecule has 3 N–H and O–H groups in total. The van der Waals surface area contributed by atoms with Gasteiger partial charge in [-0.2, -0.15) is 0 Å². The number of methoxy groups -OCH3 is 3. The molecule has 3 saturated carbocycles. The normalized spacial score (nSPS) is 48.5. The molecule has 3 heterocycles. The number of carbonyl (C=O) groups is 2. The van der Waals surface area contributed by atoms with Crippen molar-refractivity contribution in [2.24, 2.45) is 28.6 Å². The summed E-state index contributed by atoms with van der Waals surface area (Å²) in [5.41, 5.74) is -2.81. The summed E-state index contributed by atoms with van der Waals surface area (Å²) in [5, 5.41) is 36.2. The Morgan fingerprint density at radius 1 is 0.781 bits per heavy atom. The van der Waals surface area contributed by atoms with Gasteiger partial charge >= 0.3 is 5.97 Å². The van der Waals surface area contributed by atoms with E-state index < -0.39 is 108 Å². The number of rotatable bonds is 13. The maximum absolute atomic E-state index is 13.5. The van der Waals surface area contributed by atoms with Crippen LogP contribution in [0.15, 0.2) is 23.3 Å². The lowest BCUT2D eigenvalue weighted by molar-refractivity contribution is -0.338. The molecule has 0 bridgehead atoms. The highest BCUT2D eigenvalue weighted by Gasteiger charge is 2.77. The molecule has 7 aliphatic rings. The standard InChI is InChI=1S/C49H78O15/c1-25(2)26(3)19-39(51)62-38-24-37-46(8)16-14-32(20-31(46)13-17-48(37,53)49(54)18-15-33(27(4)50)47(38,49)9)61-40-22-35(56-11)44(29(6)59-40)64-42-23-36(57-12)45(30(7)60-42)63-41-21-34(55-10)43(52)28(5)58-41/h13,19,25,28-30,32-38,40-45,52-54H,14-18,20-24H2,1-12H3/b26-19+/t28-,29-,30-,32+,33+,34-,35+,36+,37-,38-,40+,41+,42+,43-,44-,45-,46+,47+,48+,49-/m1/s1. The SMILES string of the molecule is CO[C@H]1C[C@H](O[C@H]2CC[C@@]3(C)C(=CC[C@]4(O)[C@@H]3C[C@@H](OC(=O)/C=C(\C)C(C)C)[C@]3(C)[C@H](C(C)=O)CC[C@@]34O)C2)O[C@H](C)[C@H]1O[C@H]1C[C@H](OC)[C@H](O[C@H]2C[C@@H](OC)[C@H](O)[C@@H](C)O2)[C@@H](C)O1. The molecule has 0 aromatic carbocycles. The minimum Gasteiger partial charge on any atom is -0.458 e. The highest BCUT2D eigenvalue weighted by molar-refractivity contribution is 5.83. The second-order valence-electron chi connectivity index (χ2n) is 20.9. The van der Waals surface area contributed by atoms with Crippen LogP contribution in [0.5, 0.6) is 0 Å². The number of ketones is 1. The fourth-order valence-corrected chi connectivity index (χ4v) is 13.0. The molecule has 0 aromatic heterocycles. The summed E-state index contributed by atoms with van der Waals surface area (Å²) in [6, 6.07) is 0. The summed E-state index contributed by atoms with van der Waals surface area (Å²) in [6.07, 6.45) is 1.32. The molecule has 0 unspecified atom stereocenters. The molecule has 20 atom stereocenters. The Bertz CT molecular complexity index is 1740. The minimum atomic E-state index is -1.65. The van der Waals surface area contributed by atoms with Crippen molar-refractivity contribution in [3.8, 4) is 0 Å². The lowest BCUT2D eigenvalue weighted by atomic mass is 9.43. The van der Waals surface area contributed by atoms with E-state index in [1.165, 1.54) is 13.0 Å². The molecule has 0 amide bonds. The van der Waals surface area contributed by atoms with Gasteiger partial charge in [-0.3, -0.25) is 4.79 Å². The lowest BCUT2D eigenvalue weighted by Gasteiger charge is -2.66. The van der Waals surface area contributed by atoms with Crippen molar-refractivity contribution in [3.63, 3.8) is 0 Å². The van der Waals surface area contributed by atoms with Gasteiger partial charge in [0, 0.05) is 63.9 Å². The number of hydrogen-bond acceptors (Lipinski definition) is 15. The summed E-state index contributed by atoms with van der Waals surface area (Å²) in [7, 11) is 4.87. The van der Waals surface area contributed by atoms with Gasteiger partial charge in [0.25, 0.3) is 0 Å². The number of Topliss-reactive ketones (excluding diaryl/α,β-unsaturated/α-hetero) is 1. The Kier molecular flexibility index (Phi) is 15.1. The Labute approximate surface area is 380 Å². The highest BCUT2D eigenvalue weighted by atomic mass is 16.7. The van der Waals surface area contributed by atoms with Gasteiger partial charge in [0.05, 0.1) is 42.7 Å². The fraction of sp³-hybridized carbons (Fsp3) is 0.878. The van der Waals surface area contributed by atoms with Crippen molar-refractivity contribution in [1.82, 2.24) is 0 Å². The number of hydrogen-bond donors (Lipinski definition) is 3. The van der Waals surface area contributed by atoms with Crippen molar-refractivity contribution >= 4 is 11.8 Å². The molecule has 6 fully saturated rings. The first-order valence-electron chi connectivity index (χ1n) is 23.9. The third kappa shape index (κ3) is 8.85. The van der Waals surface area contributed by atoms with Gasteiger partial charge in [-0.05, 0) is 90.9 Å². The van der Waals surface area contributed by atoms with E-state index in [2.05, 4.69) is 13.0 Å². The summed E-state index contributed by atoms with van der Waals surface area (Å²) in [6.45, 7) is 17.1. The van der Waals surface area contributed by atoms with Gasteiger partial charge < -0.3 is 62.7 Å². The first kappa shape index (κ1) is 50.0. The lowest BCUT2D eigenvalue weighted by Crippen LogP contribution is -2.75. The Morgan fingerprint density at radius 2 is 1.33 bits per heavy atom. The predicted molar refractivity (Wildman–Crippen MR) is 233 cm³/mol. The quantitative estimate of drug-likeness (QED) is 0.120. The number of fused-ring (bicyclic) bond motifs is 5. The van der Waals surface area contributed by atoms with Crippen molar-refractivity contribution < 1.29 is 72.3 Å². The van der Waals surface area contributed by atoms with Crippen molar-refractivity contribution in [2.45, 2.75) is 224 Å². The van der Waals surface area contributed by atoms with Crippen LogP contribution in [0.25, 0.3) is 0 Å². The number of aliphatic hydroxyl groups excluding tert-OH is 1. The van der Waals surface area contributed by atoms with E-state index >= 15 is 0 Å². The monoisotopic (exact) mass is 907 g/mol. The zero-order chi connectivity index (χ0) is 46.7. The number of allylic oxidation sites excluding steroid dienone is 1. The third-order valence-corrected chi connectivity index (χ3v) is 17.2. The number of esters is 1. The van der Waals surface area contributed by atoms with E-state index in [1.54, 1.807) is 28.3 Å². The van der Waals surface area contributed by atoms with Gasteiger partial charge in [0.1, 0.15) is 41.4 Å². The van der Waals surface area contributed by atoms with Crippen LogP contribution in [0.4, 0.5) is 0 Å². The zero-order valence-corrected chi connectivity index (χ0v) is 40.3. The number of carbonyl (C=O) groups excluding carboxylic acids is 2. The van der Waals surface area contributed by atoms with E-state index in [1.807, 2.05) is 41.5 Å². The maximum atomic E-state index is 13.5. The van der Waals surface area contributed by atoms with E-state index in [4.69, 9.17) is 47.4 Å². The molecule has 64 heavy (non-hydrogen) atoms. The van der Waals surface area contributed by atoms with Crippen molar-refractivity contribution in [3.05, 3.63) is 23.3 Å². The minimum absolute atomic E-state index is 0.0697. The first-order chi connectivity index (χ1) is 30.1. The summed E-state index contributed by atoms with van der Waals surface area (Å²) >= 11 is 0. The van der Waals surface area contributed by atoms with Gasteiger partial charge in [-0.25, -0.2) is 4.79 Å². The van der Waals surface area contributed by atoms with Crippen LogP contribution < -0.4 is 0 Å². The van der Waals surface area contributed by atoms with Crippen LogP contribution in [-0.2, 0) is 57.0 Å². The molecule has 7 rings (SSSR count). The molecule has 3 saturated heterocycles. The van der Waals surface area contributed by atoms with Crippen LogP contribution in [0.3, 0.4) is 0 Å².